The van der Waals surface area contributed by atoms with Crippen LogP contribution in [-0.4, -0.2) is 25.4 Å². The van der Waals surface area contributed by atoms with Gasteiger partial charge in [0, 0.05) is 40.7 Å². The van der Waals surface area contributed by atoms with E-state index in [0.717, 1.165) is 11.3 Å². The number of carboxylic acid groups (broad SMARTS) is 1. The van der Waals surface area contributed by atoms with Gasteiger partial charge in [0.15, 0.2) is 5.43 Å². The van der Waals surface area contributed by atoms with Gasteiger partial charge in [0.2, 0.25) is 0 Å². The molecule has 0 amide bonds. The monoisotopic (exact) mass is 501 g/mol. The first kappa shape index (κ1) is 23.1. The molecule has 0 aliphatic rings. The zero-order valence-corrected chi connectivity index (χ0v) is 19.7. The summed E-state index contributed by atoms with van der Waals surface area (Å²) >= 11 is 18.3. The highest BCUT2D eigenvalue weighted by atomic mass is 35.5. The van der Waals surface area contributed by atoms with E-state index in [4.69, 9.17) is 34.8 Å². The minimum Gasteiger partial charge on any atom is -0.477 e. The second-order valence-corrected chi connectivity index (χ2v) is 8.56. The van der Waals surface area contributed by atoms with Crippen LogP contribution in [0.5, 0.6) is 0 Å². The molecule has 2 aromatic heterocycles. The predicted octanol–water partition coefficient (Wildman–Crippen LogP) is 6.11. The maximum atomic E-state index is 12.9. The van der Waals surface area contributed by atoms with E-state index in [-0.39, 0.29) is 22.8 Å². The van der Waals surface area contributed by atoms with Gasteiger partial charge in [-0.2, -0.15) is 5.10 Å². The van der Waals surface area contributed by atoms with Gasteiger partial charge in [0.25, 0.3) is 0 Å². The summed E-state index contributed by atoms with van der Waals surface area (Å²) in [6.07, 6.45) is 1.80. The maximum absolute atomic E-state index is 12.9. The first-order valence-electron chi connectivity index (χ1n) is 10.0. The molecular formula is C24H18Cl3N3O3. The number of carboxylic acids is 1. The molecule has 0 saturated carbocycles. The fourth-order valence-electron chi connectivity index (χ4n) is 3.76. The lowest BCUT2D eigenvalue weighted by Gasteiger charge is -2.20. The van der Waals surface area contributed by atoms with Crippen molar-refractivity contribution in [2.24, 2.45) is 0 Å². The van der Waals surface area contributed by atoms with Crippen LogP contribution in [0.1, 0.15) is 23.0 Å². The van der Waals surface area contributed by atoms with Crippen molar-refractivity contribution in [3.8, 4) is 22.5 Å². The van der Waals surface area contributed by atoms with Crippen molar-refractivity contribution in [1.29, 1.82) is 0 Å². The quantitative estimate of drug-likeness (QED) is 0.345. The number of hydrogen-bond donors (Lipinski definition) is 1. The lowest BCUT2D eigenvalue weighted by atomic mass is 10.0. The first-order valence-corrected chi connectivity index (χ1v) is 11.2. The largest absolute Gasteiger partial charge is 0.477 e. The van der Waals surface area contributed by atoms with Crippen LogP contribution in [0.15, 0.2) is 65.6 Å². The summed E-state index contributed by atoms with van der Waals surface area (Å²) in [6.45, 7) is 2.56. The van der Waals surface area contributed by atoms with E-state index < -0.39 is 11.4 Å². The molecule has 168 valence electrons. The molecule has 0 unspecified atom stereocenters. The van der Waals surface area contributed by atoms with Gasteiger partial charge in [-0.25, -0.2) is 4.79 Å². The molecule has 4 rings (SSSR count). The van der Waals surface area contributed by atoms with Gasteiger partial charge in [-0.05, 0) is 37.3 Å². The Hall–Kier alpha value is -3.06. The van der Waals surface area contributed by atoms with Gasteiger partial charge in [-0.15, -0.1) is 0 Å². The third-order valence-electron chi connectivity index (χ3n) is 5.21. The van der Waals surface area contributed by atoms with Crippen molar-refractivity contribution >= 4 is 40.8 Å². The molecule has 0 bridgehead atoms. The molecule has 6 nitrogen and oxygen atoms in total. The zero-order chi connectivity index (χ0) is 23.7. The van der Waals surface area contributed by atoms with Crippen molar-refractivity contribution in [2.75, 3.05) is 0 Å². The number of rotatable bonds is 6. The highest BCUT2D eigenvalue weighted by molar-refractivity contribution is 6.42. The van der Waals surface area contributed by atoms with Gasteiger partial charge in [0.1, 0.15) is 5.56 Å². The molecule has 0 fully saturated rings. The molecule has 1 N–H and O–H groups in total. The molecule has 0 aliphatic heterocycles. The van der Waals surface area contributed by atoms with Crippen LogP contribution in [0.2, 0.25) is 15.1 Å². The summed E-state index contributed by atoms with van der Waals surface area (Å²) < 4.78 is 3.47. The summed E-state index contributed by atoms with van der Waals surface area (Å²) in [6, 6.07) is 15.3. The molecule has 0 atom stereocenters. The normalized spacial score (nSPS) is 11.0. The number of aromatic nitrogens is 3. The molecular weight excluding hydrogens is 485 g/mol. The van der Waals surface area contributed by atoms with E-state index in [1.54, 1.807) is 39.7 Å². The Morgan fingerprint density at radius 1 is 1.00 bits per heavy atom. The summed E-state index contributed by atoms with van der Waals surface area (Å²) in [5.41, 5.74) is 2.05. The van der Waals surface area contributed by atoms with Crippen molar-refractivity contribution in [3.63, 3.8) is 0 Å². The average molecular weight is 503 g/mol. The van der Waals surface area contributed by atoms with Crippen LogP contribution in [0.25, 0.3) is 22.5 Å². The molecule has 2 aromatic carbocycles. The second kappa shape index (κ2) is 9.43. The molecule has 0 saturated heterocycles. The fraction of sp³-hybridized carbons (Fsp3) is 0.125. The van der Waals surface area contributed by atoms with Crippen LogP contribution in [0.3, 0.4) is 0 Å². The van der Waals surface area contributed by atoms with Crippen molar-refractivity contribution < 1.29 is 9.90 Å². The van der Waals surface area contributed by atoms with E-state index in [2.05, 4.69) is 5.10 Å². The molecule has 2 heterocycles. The highest BCUT2D eigenvalue weighted by Gasteiger charge is 2.22. The Balaban J connectivity index is 1.83. The summed E-state index contributed by atoms with van der Waals surface area (Å²) in [7, 11) is 0. The third-order valence-corrected chi connectivity index (χ3v) is 6.18. The Bertz CT molecular complexity index is 1430. The van der Waals surface area contributed by atoms with Crippen molar-refractivity contribution in [2.45, 2.75) is 20.0 Å². The SMILES string of the molecule is CCn1c(Cn2ccc(-c3cccc(Cl)c3)n2)cc(=O)c(C(=O)O)c1-c1ccc(Cl)c(Cl)c1. The molecule has 0 radical (unpaired) electrons. The smallest absolute Gasteiger partial charge is 0.341 e. The van der Waals surface area contributed by atoms with Crippen LogP contribution in [0.4, 0.5) is 0 Å². The average Bonchev–Trinajstić information content (AvgIpc) is 3.23. The summed E-state index contributed by atoms with van der Waals surface area (Å²) in [4.78, 5) is 24.8. The topological polar surface area (TPSA) is 77.1 Å². The first-order chi connectivity index (χ1) is 15.8. The number of nitrogens with zero attached hydrogens (tertiary/aromatic N) is 3. The summed E-state index contributed by atoms with van der Waals surface area (Å²) in [5, 5.41) is 15.6. The number of benzene rings is 2. The van der Waals surface area contributed by atoms with Gasteiger partial charge in [0.05, 0.1) is 28.0 Å². The lowest BCUT2D eigenvalue weighted by molar-refractivity contribution is 0.0695. The number of carbonyl (C=O) groups is 1. The molecule has 0 aliphatic carbocycles. The van der Waals surface area contributed by atoms with Crippen LogP contribution in [-0.2, 0) is 13.1 Å². The number of hydrogen-bond acceptors (Lipinski definition) is 3. The number of pyridine rings is 1. The highest BCUT2D eigenvalue weighted by Crippen LogP contribution is 2.31. The Kier molecular flexibility index (Phi) is 6.61. The van der Waals surface area contributed by atoms with E-state index >= 15 is 0 Å². The van der Waals surface area contributed by atoms with Crippen molar-refractivity contribution in [1.82, 2.24) is 14.3 Å². The van der Waals surface area contributed by atoms with Crippen LogP contribution >= 0.6 is 34.8 Å². The predicted molar refractivity (Wildman–Crippen MR) is 131 cm³/mol. The number of aromatic carboxylic acids is 1. The van der Waals surface area contributed by atoms with Gasteiger partial charge in [-0.1, -0.05) is 53.0 Å². The Labute approximate surface area is 204 Å². The van der Waals surface area contributed by atoms with E-state index in [9.17, 15) is 14.7 Å². The maximum Gasteiger partial charge on any atom is 0.341 e. The minimum absolute atomic E-state index is 0.262. The number of halogens is 3. The van der Waals surface area contributed by atoms with E-state index in [0.29, 0.717) is 27.8 Å². The molecule has 0 spiro atoms. The second-order valence-electron chi connectivity index (χ2n) is 7.31. The van der Waals surface area contributed by atoms with E-state index in [1.807, 2.05) is 31.2 Å². The molecule has 4 aromatic rings. The van der Waals surface area contributed by atoms with E-state index in [1.165, 1.54) is 6.07 Å². The zero-order valence-electron chi connectivity index (χ0n) is 17.4. The van der Waals surface area contributed by atoms with Gasteiger partial charge < -0.3 is 9.67 Å². The van der Waals surface area contributed by atoms with Crippen LogP contribution in [0, 0.1) is 0 Å². The third kappa shape index (κ3) is 4.69. The van der Waals surface area contributed by atoms with Crippen LogP contribution < -0.4 is 5.43 Å². The van der Waals surface area contributed by atoms with Crippen molar-refractivity contribution in [3.05, 3.63) is 97.3 Å². The van der Waals surface area contributed by atoms with Gasteiger partial charge >= 0.3 is 5.97 Å². The standard InChI is InChI=1S/C24H18Cl3N3O3/c1-2-30-17(13-29-9-8-20(28-29)14-4-3-5-16(25)10-14)12-21(31)22(24(32)33)23(30)15-6-7-18(26)19(27)11-15/h3-12H,2,13H2,1H3,(H,32,33). The summed E-state index contributed by atoms with van der Waals surface area (Å²) in [5.74, 6) is -1.31. The fourth-order valence-corrected chi connectivity index (χ4v) is 4.25. The molecule has 33 heavy (non-hydrogen) atoms. The molecule has 9 heteroatoms. The van der Waals surface area contributed by atoms with Gasteiger partial charge in [-0.3, -0.25) is 9.48 Å². The Morgan fingerprint density at radius 2 is 1.79 bits per heavy atom. The minimum atomic E-state index is -1.31. The lowest BCUT2D eigenvalue weighted by Crippen LogP contribution is -2.24. The Morgan fingerprint density at radius 3 is 2.45 bits per heavy atom.